The van der Waals surface area contributed by atoms with Gasteiger partial charge in [0.25, 0.3) is 5.91 Å². The quantitative estimate of drug-likeness (QED) is 0.919. The summed E-state index contributed by atoms with van der Waals surface area (Å²) in [7, 11) is 0. The van der Waals surface area contributed by atoms with Crippen molar-refractivity contribution in [2.24, 2.45) is 0 Å². The number of hydrogen-bond acceptors (Lipinski definition) is 3. The van der Waals surface area contributed by atoms with E-state index >= 15 is 0 Å². The Labute approximate surface area is 143 Å². The van der Waals surface area contributed by atoms with Crippen LogP contribution in [0, 0.1) is 6.92 Å². The van der Waals surface area contributed by atoms with Gasteiger partial charge in [-0.25, -0.2) is 0 Å². The largest absolute Gasteiger partial charge is 0.378 e. The Hall–Kier alpha value is -2.33. The first kappa shape index (κ1) is 16.5. The molecule has 4 heteroatoms. The van der Waals surface area contributed by atoms with Crippen molar-refractivity contribution in [1.29, 1.82) is 0 Å². The van der Waals surface area contributed by atoms with Crippen LogP contribution in [-0.4, -0.2) is 38.8 Å². The van der Waals surface area contributed by atoms with E-state index in [0.29, 0.717) is 6.54 Å². The fourth-order valence-corrected chi connectivity index (χ4v) is 2.90. The number of ether oxygens (including phenoxy) is 1. The van der Waals surface area contributed by atoms with Gasteiger partial charge in [-0.15, -0.1) is 0 Å². The molecular weight excluding hydrogens is 300 g/mol. The molecular formula is C20H24N2O2. The van der Waals surface area contributed by atoms with Gasteiger partial charge in [-0.05, 0) is 43.2 Å². The molecule has 0 radical (unpaired) electrons. The lowest BCUT2D eigenvalue weighted by Gasteiger charge is -2.28. The number of amides is 1. The number of aryl methyl sites for hydroxylation is 1. The molecule has 1 heterocycles. The standard InChI is InChI=1S/C20H24N2O2/c1-16-3-2-4-18(15-16)20(23)21-10-9-17-5-7-19(8-6-17)22-11-13-24-14-12-22/h2-8,15H,9-14H2,1H3,(H,21,23). The molecule has 0 atom stereocenters. The number of carbonyl (C=O) groups excluding carboxylic acids is 1. The zero-order valence-electron chi connectivity index (χ0n) is 14.1. The molecule has 0 unspecified atom stereocenters. The summed E-state index contributed by atoms with van der Waals surface area (Å²) in [6.45, 7) is 6.13. The first-order valence-corrected chi connectivity index (χ1v) is 8.49. The van der Waals surface area contributed by atoms with Crippen molar-refractivity contribution in [3.8, 4) is 0 Å². The minimum Gasteiger partial charge on any atom is -0.378 e. The van der Waals surface area contributed by atoms with Crippen LogP contribution in [0.1, 0.15) is 21.5 Å². The summed E-state index contributed by atoms with van der Waals surface area (Å²) in [6.07, 6.45) is 0.834. The predicted octanol–water partition coefficient (Wildman–Crippen LogP) is 2.80. The number of carbonyl (C=O) groups is 1. The number of hydrogen-bond donors (Lipinski definition) is 1. The molecule has 2 aromatic rings. The zero-order valence-corrected chi connectivity index (χ0v) is 14.1. The van der Waals surface area contributed by atoms with Crippen LogP contribution in [0.5, 0.6) is 0 Å². The van der Waals surface area contributed by atoms with Crippen molar-refractivity contribution in [2.45, 2.75) is 13.3 Å². The summed E-state index contributed by atoms with van der Waals surface area (Å²) in [5, 5.41) is 2.99. The van der Waals surface area contributed by atoms with E-state index in [0.717, 1.165) is 43.9 Å². The molecule has 3 rings (SSSR count). The molecule has 1 saturated heterocycles. The zero-order chi connectivity index (χ0) is 16.8. The lowest BCUT2D eigenvalue weighted by Crippen LogP contribution is -2.36. The smallest absolute Gasteiger partial charge is 0.251 e. The average molecular weight is 324 g/mol. The third kappa shape index (κ3) is 4.36. The predicted molar refractivity (Wildman–Crippen MR) is 96.7 cm³/mol. The minimum absolute atomic E-state index is 0.0105. The van der Waals surface area contributed by atoms with Gasteiger partial charge in [0, 0.05) is 30.9 Å². The molecule has 0 aromatic heterocycles. The van der Waals surface area contributed by atoms with Gasteiger partial charge in [0.2, 0.25) is 0 Å². The van der Waals surface area contributed by atoms with Crippen molar-refractivity contribution >= 4 is 11.6 Å². The van der Waals surface area contributed by atoms with Crippen LogP contribution >= 0.6 is 0 Å². The van der Waals surface area contributed by atoms with E-state index in [4.69, 9.17) is 4.74 Å². The number of morpholine rings is 1. The summed E-state index contributed by atoms with van der Waals surface area (Å²) in [6, 6.07) is 16.3. The molecule has 1 N–H and O–H groups in total. The first-order chi connectivity index (χ1) is 11.7. The molecule has 1 amide bonds. The van der Waals surface area contributed by atoms with Gasteiger partial charge in [0.15, 0.2) is 0 Å². The van der Waals surface area contributed by atoms with E-state index in [1.807, 2.05) is 31.2 Å². The van der Waals surface area contributed by atoms with Crippen LogP contribution in [0.3, 0.4) is 0 Å². The second-order valence-corrected chi connectivity index (χ2v) is 6.14. The maximum absolute atomic E-state index is 12.1. The molecule has 1 aliphatic heterocycles. The molecule has 0 saturated carbocycles. The van der Waals surface area contributed by atoms with Crippen LogP contribution in [0.25, 0.3) is 0 Å². The fraction of sp³-hybridized carbons (Fsp3) is 0.350. The molecule has 0 bridgehead atoms. The topological polar surface area (TPSA) is 41.6 Å². The van der Waals surface area contributed by atoms with E-state index in [2.05, 4.69) is 34.5 Å². The third-order valence-corrected chi connectivity index (χ3v) is 4.29. The number of rotatable bonds is 5. The van der Waals surface area contributed by atoms with Crippen molar-refractivity contribution in [2.75, 3.05) is 37.7 Å². The van der Waals surface area contributed by atoms with Gasteiger partial charge in [-0.3, -0.25) is 4.79 Å². The molecule has 126 valence electrons. The average Bonchev–Trinajstić information content (AvgIpc) is 2.63. The molecule has 0 aliphatic carbocycles. The Morgan fingerprint density at radius 2 is 1.88 bits per heavy atom. The molecule has 2 aromatic carbocycles. The number of benzene rings is 2. The van der Waals surface area contributed by atoms with Crippen molar-refractivity contribution in [3.63, 3.8) is 0 Å². The Balaban J connectivity index is 1.49. The van der Waals surface area contributed by atoms with Crippen LogP contribution in [0.15, 0.2) is 48.5 Å². The SMILES string of the molecule is Cc1cccc(C(=O)NCCc2ccc(N3CCOCC3)cc2)c1. The number of nitrogens with zero attached hydrogens (tertiary/aromatic N) is 1. The second kappa shape index (κ2) is 7.97. The molecule has 0 spiro atoms. The lowest BCUT2D eigenvalue weighted by atomic mass is 10.1. The van der Waals surface area contributed by atoms with Gasteiger partial charge < -0.3 is 15.0 Å². The van der Waals surface area contributed by atoms with Crippen molar-refractivity contribution in [3.05, 3.63) is 65.2 Å². The second-order valence-electron chi connectivity index (χ2n) is 6.14. The summed E-state index contributed by atoms with van der Waals surface area (Å²) in [4.78, 5) is 14.5. The first-order valence-electron chi connectivity index (χ1n) is 8.49. The van der Waals surface area contributed by atoms with E-state index in [1.54, 1.807) is 0 Å². The van der Waals surface area contributed by atoms with Crippen LogP contribution in [-0.2, 0) is 11.2 Å². The summed E-state index contributed by atoms with van der Waals surface area (Å²) < 4.78 is 5.38. The van der Waals surface area contributed by atoms with Gasteiger partial charge in [-0.2, -0.15) is 0 Å². The van der Waals surface area contributed by atoms with Crippen LogP contribution < -0.4 is 10.2 Å². The molecule has 4 nitrogen and oxygen atoms in total. The lowest BCUT2D eigenvalue weighted by molar-refractivity contribution is 0.0954. The van der Waals surface area contributed by atoms with E-state index in [1.165, 1.54) is 11.3 Å². The fourth-order valence-electron chi connectivity index (χ4n) is 2.90. The maximum Gasteiger partial charge on any atom is 0.251 e. The minimum atomic E-state index is -0.0105. The maximum atomic E-state index is 12.1. The number of anilines is 1. The summed E-state index contributed by atoms with van der Waals surface area (Å²) in [5.74, 6) is -0.0105. The molecule has 24 heavy (non-hydrogen) atoms. The highest BCUT2D eigenvalue weighted by Crippen LogP contribution is 2.16. The Morgan fingerprint density at radius 1 is 1.12 bits per heavy atom. The van der Waals surface area contributed by atoms with Gasteiger partial charge in [0.1, 0.15) is 0 Å². The highest BCUT2D eigenvalue weighted by atomic mass is 16.5. The van der Waals surface area contributed by atoms with E-state index in [9.17, 15) is 4.79 Å². The Kier molecular flexibility index (Phi) is 5.49. The summed E-state index contributed by atoms with van der Waals surface area (Å²) >= 11 is 0. The van der Waals surface area contributed by atoms with E-state index in [-0.39, 0.29) is 5.91 Å². The molecule has 1 aliphatic rings. The Bertz CT molecular complexity index is 676. The highest BCUT2D eigenvalue weighted by molar-refractivity contribution is 5.94. The monoisotopic (exact) mass is 324 g/mol. The van der Waals surface area contributed by atoms with Gasteiger partial charge in [0.05, 0.1) is 13.2 Å². The highest BCUT2D eigenvalue weighted by Gasteiger charge is 2.10. The van der Waals surface area contributed by atoms with Gasteiger partial charge >= 0.3 is 0 Å². The normalized spacial score (nSPS) is 14.5. The third-order valence-electron chi connectivity index (χ3n) is 4.29. The Morgan fingerprint density at radius 3 is 2.58 bits per heavy atom. The van der Waals surface area contributed by atoms with Crippen molar-refractivity contribution < 1.29 is 9.53 Å². The van der Waals surface area contributed by atoms with Crippen LogP contribution in [0.4, 0.5) is 5.69 Å². The number of nitrogens with one attached hydrogen (secondary N) is 1. The van der Waals surface area contributed by atoms with Crippen LogP contribution in [0.2, 0.25) is 0 Å². The molecule has 1 fully saturated rings. The van der Waals surface area contributed by atoms with Gasteiger partial charge in [-0.1, -0.05) is 29.8 Å². The van der Waals surface area contributed by atoms with E-state index < -0.39 is 0 Å². The van der Waals surface area contributed by atoms with Crippen molar-refractivity contribution in [1.82, 2.24) is 5.32 Å². The summed E-state index contributed by atoms with van der Waals surface area (Å²) in [5.41, 5.74) is 4.29.